The van der Waals surface area contributed by atoms with E-state index in [4.69, 9.17) is 4.74 Å². The normalized spacial score (nSPS) is 23.1. The van der Waals surface area contributed by atoms with Crippen LogP contribution in [0, 0.1) is 5.92 Å². The van der Waals surface area contributed by atoms with Crippen molar-refractivity contribution in [2.24, 2.45) is 5.92 Å². The van der Waals surface area contributed by atoms with Gasteiger partial charge in [0.15, 0.2) is 0 Å². The van der Waals surface area contributed by atoms with Gasteiger partial charge in [-0.1, -0.05) is 19.8 Å². The number of nitrogens with one attached hydrogen (secondary N) is 1. The van der Waals surface area contributed by atoms with Crippen molar-refractivity contribution in [1.82, 2.24) is 5.32 Å². The molecule has 0 bridgehead atoms. The van der Waals surface area contributed by atoms with E-state index in [1.807, 2.05) is 6.26 Å². The van der Waals surface area contributed by atoms with Crippen LogP contribution in [0.3, 0.4) is 0 Å². The molecule has 0 radical (unpaired) electrons. The Bertz CT molecular complexity index is 221. The maximum absolute atomic E-state index is 5.44. The lowest BCUT2D eigenvalue weighted by atomic mass is 9.97. The van der Waals surface area contributed by atoms with Gasteiger partial charge in [0, 0.05) is 6.04 Å². The molecule has 1 unspecified atom stereocenters. The third-order valence-corrected chi connectivity index (χ3v) is 3.32. The summed E-state index contributed by atoms with van der Waals surface area (Å²) in [5.41, 5.74) is 1.50. The largest absolute Gasteiger partial charge is 0.501 e. The summed E-state index contributed by atoms with van der Waals surface area (Å²) in [5.74, 6) is 0.988. The molecule has 1 N–H and O–H groups in total. The van der Waals surface area contributed by atoms with E-state index in [0.717, 1.165) is 19.1 Å². The Kier molecular flexibility index (Phi) is 4.07. The Labute approximate surface area is 93.1 Å². The zero-order valence-corrected chi connectivity index (χ0v) is 9.80. The van der Waals surface area contributed by atoms with Crippen molar-refractivity contribution in [3.63, 3.8) is 0 Å². The third-order valence-electron chi connectivity index (χ3n) is 3.32. The molecule has 0 aromatic rings. The highest BCUT2D eigenvalue weighted by Crippen LogP contribution is 2.35. The second kappa shape index (κ2) is 5.55. The molecule has 1 aliphatic heterocycles. The maximum atomic E-state index is 5.44. The van der Waals surface area contributed by atoms with Crippen LogP contribution in [-0.4, -0.2) is 19.2 Å². The minimum Gasteiger partial charge on any atom is -0.501 e. The minimum atomic E-state index is 0.595. The van der Waals surface area contributed by atoms with Crippen LogP contribution in [0.5, 0.6) is 0 Å². The lowest BCUT2D eigenvalue weighted by molar-refractivity contribution is 0.218. The molecule has 2 rings (SSSR count). The molecule has 86 valence electrons. The molecule has 0 aromatic heterocycles. The summed E-state index contributed by atoms with van der Waals surface area (Å²) in [6.45, 7) is 4.27. The van der Waals surface area contributed by atoms with Crippen molar-refractivity contribution in [2.75, 3.05) is 13.2 Å². The third kappa shape index (κ3) is 3.53. The predicted molar refractivity (Wildman–Crippen MR) is 62.7 cm³/mol. The van der Waals surface area contributed by atoms with Gasteiger partial charge in [-0.2, -0.15) is 0 Å². The zero-order chi connectivity index (χ0) is 10.5. The van der Waals surface area contributed by atoms with Gasteiger partial charge in [0.1, 0.15) is 0 Å². The fraction of sp³-hybridized carbons (Fsp3) is 0.846. The van der Waals surface area contributed by atoms with Crippen molar-refractivity contribution in [1.29, 1.82) is 0 Å². The van der Waals surface area contributed by atoms with Gasteiger partial charge in [-0.15, -0.1) is 0 Å². The number of ether oxygens (including phenoxy) is 1. The average molecular weight is 209 g/mol. The molecular formula is C13H23NO. The van der Waals surface area contributed by atoms with Crippen molar-refractivity contribution in [3.8, 4) is 0 Å². The van der Waals surface area contributed by atoms with Crippen LogP contribution in [0.2, 0.25) is 0 Å². The average Bonchev–Trinajstić information content (AvgIpc) is 3.09. The smallest absolute Gasteiger partial charge is 0.0876 e. The van der Waals surface area contributed by atoms with Crippen molar-refractivity contribution in [3.05, 3.63) is 11.8 Å². The van der Waals surface area contributed by atoms with Crippen LogP contribution in [0.1, 0.15) is 45.4 Å². The van der Waals surface area contributed by atoms with Crippen LogP contribution in [0.4, 0.5) is 0 Å². The number of hydrogen-bond donors (Lipinski definition) is 1. The molecule has 1 atom stereocenters. The highest BCUT2D eigenvalue weighted by atomic mass is 16.5. The molecule has 1 fully saturated rings. The second-order valence-electron chi connectivity index (χ2n) is 4.85. The van der Waals surface area contributed by atoms with Gasteiger partial charge in [-0.05, 0) is 43.7 Å². The SMILES string of the molecule is CCCNC(CC1CC1)C1=COCCC1. The van der Waals surface area contributed by atoms with Gasteiger partial charge in [0.25, 0.3) is 0 Å². The first-order chi connectivity index (χ1) is 7.40. The van der Waals surface area contributed by atoms with Gasteiger partial charge in [-0.25, -0.2) is 0 Å². The Morgan fingerprint density at radius 1 is 1.53 bits per heavy atom. The van der Waals surface area contributed by atoms with Gasteiger partial charge >= 0.3 is 0 Å². The fourth-order valence-corrected chi connectivity index (χ4v) is 2.21. The van der Waals surface area contributed by atoms with Crippen molar-refractivity contribution < 1.29 is 4.74 Å². The van der Waals surface area contributed by atoms with E-state index in [2.05, 4.69) is 12.2 Å². The monoisotopic (exact) mass is 209 g/mol. The van der Waals surface area contributed by atoms with Crippen LogP contribution in [0.25, 0.3) is 0 Å². The Balaban J connectivity index is 1.86. The summed E-state index contributed by atoms with van der Waals surface area (Å²) in [6.07, 6.45) is 9.87. The maximum Gasteiger partial charge on any atom is 0.0876 e. The summed E-state index contributed by atoms with van der Waals surface area (Å²) in [6, 6.07) is 0.595. The van der Waals surface area contributed by atoms with Crippen LogP contribution < -0.4 is 5.32 Å². The van der Waals surface area contributed by atoms with E-state index >= 15 is 0 Å². The highest BCUT2D eigenvalue weighted by molar-refractivity contribution is 5.11. The van der Waals surface area contributed by atoms with E-state index in [1.54, 1.807) is 0 Å². The molecule has 0 aromatic carbocycles. The van der Waals surface area contributed by atoms with E-state index in [0.29, 0.717) is 6.04 Å². The molecule has 1 saturated carbocycles. The standard InChI is InChI=1S/C13H23NO/c1-2-7-14-13(9-11-5-6-11)12-4-3-8-15-10-12/h10-11,13-14H,2-9H2,1H3. The summed E-state index contributed by atoms with van der Waals surface area (Å²) in [7, 11) is 0. The summed E-state index contributed by atoms with van der Waals surface area (Å²) < 4.78 is 5.44. The molecule has 0 saturated heterocycles. The van der Waals surface area contributed by atoms with E-state index in [-0.39, 0.29) is 0 Å². The van der Waals surface area contributed by atoms with Crippen molar-refractivity contribution in [2.45, 2.75) is 51.5 Å². The van der Waals surface area contributed by atoms with Gasteiger partial charge < -0.3 is 10.1 Å². The first-order valence-corrected chi connectivity index (χ1v) is 6.44. The predicted octanol–water partition coefficient (Wildman–Crippen LogP) is 2.85. The molecule has 15 heavy (non-hydrogen) atoms. The van der Waals surface area contributed by atoms with Crippen LogP contribution in [0.15, 0.2) is 11.8 Å². The lowest BCUT2D eigenvalue weighted by Gasteiger charge is -2.24. The molecule has 1 aliphatic carbocycles. The minimum absolute atomic E-state index is 0.595. The zero-order valence-electron chi connectivity index (χ0n) is 9.80. The Morgan fingerprint density at radius 3 is 3.00 bits per heavy atom. The quantitative estimate of drug-likeness (QED) is 0.726. The van der Waals surface area contributed by atoms with E-state index in [1.165, 1.54) is 44.1 Å². The molecule has 2 nitrogen and oxygen atoms in total. The lowest BCUT2D eigenvalue weighted by Crippen LogP contribution is -2.33. The van der Waals surface area contributed by atoms with E-state index < -0.39 is 0 Å². The number of hydrogen-bond acceptors (Lipinski definition) is 2. The molecule has 2 heteroatoms. The first-order valence-electron chi connectivity index (χ1n) is 6.44. The molecule has 1 heterocycles. The summed E-state index contributed by atoms with van der Waals surface area (Å²) >= 11 is 0. The molecule has 2 aliphatic rings. The summed E-state index contributed by atoms with van der Waals surface area (Å²) in [4.78, 5) is 0. The van der Waals surface area contributed by atoms with Crippen molar-refractivity contribution >= 4 is 0 Å². The molecular weight excluding hydrogens is 186 g/mol. The molecule has 0 spiro atoms. The Morgan fingerprint density at radius 2 is 2.40 bits per heavy atom. The topological polar surface area (TPSA) is 21.3 Å². The fourth-order valence-electron chi connectivity index (χ4n) is 2.21. The first kappa shape index (κ1) is 11.0. The van der Waals surface area contributed by atoms with Crippen LogP contribution >= 0.6 is 0 Å². The van der Waals surface area contributed by atoms with Gasteiger partial charge in [-0.3, -0.25) is 0 Å². The Hall–Kier alpha value is -0.500. The van der Waals surface area contributed by atoms with Gasteiger partial charge in [0.2, 0.25) is 0 Å². The second-order valence-corrected chi connectivity index (χ2v) is 4.85. The van der Waals surface area contributed by atoms with Gasteiger partial charge in [0.05, 0.1) is 12.9 Å². The highest BCUT2D eigenvalue weighted by Gasteiger charge is 2.27. The van der Waals surface area contributed by atoms with E-state index in [9.17, 15) is 0 Å². The molecule has 0 amide bonds. The number of rotatable bonds is 6. The van der Waals surface area contributed by atoms with Crippen LogP contribution in [-0.2, 0) is 4.74 Å². The summed E-state index contributed by atoms with van der Waals surface area (Å²) in [5, 5.41) is 3.66.